The van der Waals surface area contributed by atoms with Gasteiger partial charge in [0.15, 0.2) is 11.6 Å². The second-order valence-corrected chi connectivity index (χ2v) is 4.05. The summed E-state index contributed by atoms with van der Waals surface area (Å²) in [5.74, 6) is -0.0575. The molecule has 0 bridgehead atoms. The Balaban J connectivity index is 2.12. The maximum absolute atomic E-state index is 11.5. The van der Waals surface area contributed by atoms with E-state index in [1.54, 1.807) is 12.2 Å². The van der Waals surface area contributed by atoms with Gasteiger partial charge >= 0.3 is 0 Å². The molecule has 17 heavy (non-hydrogen) atoms. The molecule has 1 aromatic carbocycles. The van der Waals surface area contributed by atoms with Crippen molar-refractivity contribution in [3.05, 3.63) is 53.6 Å². The summed E-state index contributed by atoms with van der Waals surface area (Å²) in [4.78, 5) is 23.0. The molecule has 0 aromatic heterocycles. The van der Waals surface area contributed by atoms with Gasteiger partial charge in [-0.3, -0.25) is 9.59 Å². The summed E-state index contributed by atoms with van der Waals surface area (Å²) in [7, 11) is 0. The van der Waals surface area contributed by atoms with E-state index < -0.39 is 0 Å². The van der Waals surface area contributed by atoms with E-state index in [0.717, 1.165) is 5.56 Å². The largest absolute Gasteiger partial charge is 0.294 e. The second kappa shape index (κ2) is 5.39. The highest BCUT2D eigenvalue weighted by Gasteiger charge is 2.21. The van der Waals surface area contributed by atoms with Crippen LogP contribution in [0.2, 0.25) is 0 Å². The van der Waals surface area contributed by atoms with Crippen molar-refractivity contribution in [3.63, 3.8) is 0 Å². The lowest BCUT2D eigenvalue weighted by molar-refractivity contribution is -0.123. The van der Waals surface area contributed by atoms with Crippen molar-refractivity contribution in [1.29, 1.82) is 0 Å². The SMILES string of the molecule is O=C1CCCC(=O)C1=C/C=C/c1ccccc1. The molecule has 1 aromatic rings. The summed E-state index contributed by atoms with van der Waals surface area (Å²) in [6, 6.07) is 9.79. The van der Waals surface area contributed by atoms with E-state index in [1.165, 1.54) is 0 Å². The molecule has 2 nitrogen and oxygen atoms in total. The molecule has 0 atom stereocenters. The third kappa shape index (κ3) is 3.00. The van der Waals surface area contributed by atoms with Crippen molar-refractivity contribution in [3.8, 4) is 0 Å². The Bertz CT molecular complexity index is 463. The van der Waals surface area contributed by atoms with Crippen molar-refractivity contribution < 1.29 is 9.59 Å². The quantitative estimate of drug-likeness (QED) is 0.574. The van der Waals surface area contributed by atoms with E-state index in [2.05, 4.69) is 0 Å². The average molecular weight is 226 g/mol. The summed E-state index contributed by atoms with van der Waals surface area (Å²) in [6.07, 6.45) is 6.98. The number of Topliss-reactive ketones (excluding diaryl/α,β-unsaturated/α-hetero) is 2. The molecule has 0 spiro atoms. The first kappa shape index (κ1) is 11.5. The monoisotopic (exact) mass is 226 g/mol. The predicted molar refractivity (Wildman–Crippen MR) is 67.4 cm³/mol. The normalized spacial score (nSPS) is 16.6. The smallest absolute Gasteiger partial charge is 0.166 e. The van der Waals surface area contributed by atoms with Crippen LogP contribution in [0.1, 0.15) is 24.8 Å². The van der Waals surface area contributed by atoms with Crippen molar-refractivity contribution in [2.75, 3.05) is 0 Å². The summed E-state index contributed by atoms with van der Waals surface area (Å²) in [6.45, 7) is 0. The molecule has 0 radical (unpaired) electrons. The van der Waals surface area contributed by atoms with Gasteiger partial charge in [-0.05, 0) is 18.1 Å². The Hall–Kier alpha value is -1.96. The van der Waals surface area contributed by atoms with Crippen LogP contribution in [0.4, 0.5) is 0 Å². The lowest BCUT2D eigenvalue weighted by Crippen LogP contribution is -2.18. The first-order valence-electron chi connectivity index (χ1n) is 5.77. The van der Waals surface area contributed by atoms with Crippen LogP contribution in [0.5, 0.6) is 0 Å². The summed E-state index contributed by atoms with van der Waals surface area (Å²) >= 11 is 0. The van der Waals surface area contributed by atoms with Crippen LogP contribution >= 0.6 is 0 Å². The van der Waals surface area contributed by atoms with Gasteiger partial charge in [0, 0.05) is 12.8 Å². The van der Waals surface area contributed by atoms with Gasteiger partial charge in [-0.1, -0.05) is 42.5 Å². The Morgan fingerprint density at radius 2 is 1.59 bits per heavy atom. The van der Waals surface area contributed by atoms with Crippen LogP contribution in [0.3, 0.4) is 0 Å². The molecule has 2 rings (SSSR count). The molecule has 0 aliphatic heterocycles. The Kier molecular flexibility index (Phi) is 3.66. The number of benzene rings is 1. The molecular formula is C15H14O2. The highest BCUT2D eigenvalue weighted by molar-refractivity contribution is 6.21. The molecule has 2 heteroatoms. The van der Waals surface area contributed by atoms with Gasteiger partial charge in [-0.25, -0.2) is 0 Å². The van der Waals surface area contributed by atoms with Crippen molar-refractivity contribution in [2.45, 2.75) is 19.3 Å². The Morgan fingerprint density at radius 1 is 0.941 bits per heavy atom. The number of carbonyl (C=O) groups is 2. The molecule has 0 amide bonds. The van der Waals surface area contributed by atoms with E-state index in [0.29, 0.717) is 24.8 Å². The number of carbonyl (C=O) groups excluding carboxylic acids is 2. The van der Waals surface area contributed by atoms with Gasteiger partial charge in [0.1, 0.15) is 0 Å². The fourth-order valence-electron chi connectivity index (χ4n) is 1.84. The van der Waals surface area contributed by atoms with E-state index >= 15 is 0 Å². The number of ketones is 2. The maximum Gasteiger partial charge on any atom is 0.166 e. The zero-order valence-electron chi connectivity index (χ0n) is 9.56. The Morgan fingerprint density at radius 3 is 2.24 bits per heavy atom. The van der Waals surface area contributed by atoms with Crippen molar-refractivity contribution in [2.24, 2.45) is 0 Å². The van der Waals surface area contributed by atoms with Crippen LogP contribution in [-0.2, 0) is 9.59 Å². The van der Waals surface area contributed by atoms with Crippen molar-refractivity contribution >= 4 is 17.6 Å². The summed E-state index contributed by atoms with van der Waals surface area (Å²) in [5.41, 5.74) is 1.41. The molecule has 1 aliphatic carbocycles. The molecule has 1 aliphatic rings. The standard InChI is InChI=1S/C15H14O2/c16-14-10-5-11-15(17)13(14)9-4-8-12-6-2-1-3-7-12/h1-4,6-9H,5,10-11H2/b8-4+. The minimum atomic E-state index is -0.0287. The van der Waals surface area contributed by atoms with Gasteiger partial charge in [0.2, 0.25) is 0 Å². The van der Waals surface area contributed by atoms with Gasteiger partial charge in [-0.15, -0.1) is 0 Å². The predicted octanol–water partition coefficient (Wildman–Crippen LogP) is 2.95. The number of hydrogen-bond donors (Lipinski definition) is 0. The first-order valence-corrected chi connectivity index (χ1v) is 5.77. The molecule has 1 fully saturated rings. The van der Waals surface area contributed by atoms with Gasteiger partial charge < -0.3 is 0 Å². The minimum absolute atomic E-state index is 0.0287. The molecule has 0 unspecified atom stereocenters. The number of hydrogen-bond acceptors (Lipinski definition) is 2. The highest BCUT2D eigenvalue weighted by atomic mass is 16.1. The van der Waals surface area contributed by atoms with Crippen LogP contribution < -0.4 is 0 Å². The van der Waals surface area contributed by atoms with E-state index in [1.807, 2.05) is 36.4 Å². The van der Waals surface area contributed by atoms with E-state index in [-0.39, 0.29) is 11.6 Å². The van der Waals surface area contributed by atoms with E-state index in [4.69, 9.17) is 0 Å². The van der Waals surface area contributed by atoms with Gasteiger partial charge in [0.05, 0.1) is 5.57 Å². The molecule has 0 N–H and O–H groups in total. The average Bonchev–Trinajstić information content (AvgIpc) is 2.34. The summed E-state index contributed by atoms with van der Waals surface area (Å²) < 4.78 is 0. The second-order valence-electron chi connectivity index (χ2n) is 4.05. The number of allylic oxidation sites excluding steroid dienone is 3. The maximum atomic E-state index is 11.5. The van der Waals surface area contributed by atoms with Crippen LogP contribution in [0.15, 0.2) is 48.1 Å². The molecule has 0 heterocycles. The molecule has 0 saturated heterocycles. The Labute approximate surface area is 101 Å². The van der Waals surface area contributed by atoms with Crippen LogP contribution in [0.25, 0.3) is 6.08 Å². The van der Waals surface area contributed by atoms with Gasteiger partial charge in [-0.2, -0.15) is 0 Å². The van der Waals surface area contributed by atoms with Crippen LogP contribution in [0, 0.1) is 0 Å². The molecule has 86 valence electrons. The van der Waals surface area contributed by atoms with E-state index in [9.17, 15) is 9.59 Å². The first-order chi connectivity index (χ1) is 8.27. The lowest BCUT2D eigenvalue weighted by atomic mass is 9.92. The lowest BCUT2D eigenvalue weighted by Gasteiger charge is -2.10. The summed E-state index contributed by atoms with van der Waals surface area (Å²) in [5, 5.41) is 0. The minimum Gasteiger partial charge on any atom is -0.294 e. The van der Waals surface area contributed by atoms with Crippen molar-refractivity contribution in [1.82, 2.24) is 0 Å². The zero-order valence-corrected chi connectivity index (χ0v) is 9.56. The third-order valence-electron chi connectivity index (χ3n) is 2.76. The fourth-order valence-corrected chi connectivity index (χ4v) is 1.84. The highest BCUT2D eigenvalue weighted by Crippen LogP contribution is 2.16. The fraction of sp³-hybridized carbons (Fsp3) is 0.200. The molecular weight excluding hydrogens is 212 g/mol. The topological polar surface area (TPSA) is 34.1 Å². The molecule has 1 saturated carbocycles. The third-order valence-corrected chi connectivity index (χ3v) is 2.76. The number of rotatable bonds is 2. The van der Waals surface area contributed by atoms with Crippen LogP contribution in [-0.4, -0.2) is 11.6 Å². The van der Waals surface area contributed by atoms with Gasteiger partial charge in [0.25, 0.3) is 0 Å². The zero-order chi connectivity index (χ0) is 12.1.